The number of nitrogens with one attached hydrogen (secondary N) is 1. The predicted octanol–water partition coefficient (Wildman–Crippen LogP) is 2.49. The quantitative estimate of drug-likeness (QED) is 0.374. The number of hydrogen-bond donors (Lipinski definition) is 2. The first-order chi connectivity index (χ1) is 14.6. The SMILES string of the molecule is CCC(=O)Oc1ccc(C[C@H](NCC(C)OC(=O)C(C)C)C(=O)O)cc1OC(=O)CC. The minimum absolute atomic E-state index is 0.0505. The largest absolute Gasteiger partial charge is 0.480 e. The molecule has 0 aliphatic carbocycles. The molecule has 0 aliphatic rings. The van der Waals surface area contributed by atoms with Crippen LogP contribution in [0.4, 0.5) is 0 Å². The number of rotatable bonds is 12. The Balaban J connectivity index is 2.93. The molecule has 2 atom stereocenters. The van der Waals surface area contributed by atoms with Gasteiger partial charge in [0.05, 0.1) is 5.92 Å². The summed E-state index contributed by atoms with van der Waals surface area (Å²) in [5.74, 6) is -2.59. The third kappa shape index (κ3) is 9.17. The Hall–Kier alpha value is -2.94. The average Bonchev–Trinajstić information content (AvgIpc) is 2.71. The van der Waals surface area contributed by atoms with Gasteiger partial charge in [-0.1, -0.05) is 33.8 Å². The highest BCUT2D eigenvalue weighted by Gasteiger charge is 2.22. The molecule has 0 aromatic heterocycles. The summed E-state index contributed by atoms with van der Waals surface area (Å²) in [4.78, 5) is 46.7. The fourth-order valence-electron chi connectivity index (χ4n) is 2.40. The molecule has 0 bridgehead atoms. The maximum Gasteiger partial charge on any atom is 0.321 e. The molecular formula is C22H31NO8. The van der Waals surface area contributed by atoms with Crippen molar-refractivity contribution in [3.05, 3.63) is 23.8 Å². The van der Waals surface area contributed by atoms with Crippen molar-refractivity contribution in [3.63, 3.8) is 0 Å². The minimum Gasteiger partial charge on any atom is -0.480 e. The van der Waals surface area contributed by atoms with Gasteiger partial charge in [0.15, 0.2) is 11.5 Å². The van der Waals surface area contributed by atoms with Crippen LogP contribution in [0, 0.1) is 5.92 Å². The minimum atomic E-state index is -1.09. The molecule has 0 amide bonds. The van der Waals surface area contributed by atoms with E-state index in [0.29, 0.717) is 5.56 Å². The van der Waals surface area contributed by atoms with Gasteiger partial charge in [-0.3, -0.25) is 19.2 Å². The highest BCUT2D eigenvalue weighted by Crippen LogP contribution is 2.30. The summed E-state index contributed by atoms with van der Waals surface area (Å²) in [6.07, 6.45) is -0.169. The van der Waals surface area contributed by atoms with Crippen LogP contribution in [0.3, 0.4) is 0 Å². The first-order valence-electron chi connectivity index (χ1n) is 10.3. The van der Waals surface area contributed by atoms with Crippen molar-refractivity contribution < 1.29 is 38.5 Å². The van der Waals surface area contributed by atoms with Crippen molar-refractivity contribution in [1.82, 2.24) is 5.32 Å². The van der Waals surface area contributed by atoms with E-state index in [2.05, 4.69) is 5.32 Å². The molecule has 0 aliphatic heterocycles. The second-order valence-electron chi connectivity index (χ2n) is 7.34. The van der Waals surface area contributed by atoms with Gasteiger partial charge in [-0.05, 0) is 31.0 Å². The summed E-state index contributed by atoms with van der Waals surface area (Å²) < 4.78 is 15.7. The highest BCUT2D eigenvalue weighted by atomic mass is 16.6. The maximum absolute atomic E-state index is 11.7. The Labute approximate surface area is 182 Å². The normalized spacial score (nSPS) is 12.7. The Kier molecular flexibility index (Phi) is 10.7. The van der Waals surface area contributed by atoms with Crippen molar-refractivity contribution in [2.24, 2.45) is 5.92 Å². The number of carboxylic acid groups (broad SMARTS) is 1. The molecule has 0 heterocycles. The molecule has 1 aromatic rings. The number of ether oxygens (including phenoxy) is 3. The van der Waals surface area contributed by atoms with Crippen LogP contribution in [-0.2, 0) is 30.3 Å². The fraction of sp³-hybridized carbons (Fsp3) is 0.545. The number of hydrogen-bond acceptors (Lipinski definition) is 8. The topological polar surface area (TPSA) is 128 Å². The van der Waals surface area contributed by atoms with E-state index in [9.17, 15) is 24.3 Å². The van der Waals surface area contributed by atoms with Gasteiger partial charge < -0.3 is 24.6 Å². The molecule has 1 rings (SSSR count). The van der Waals surface area contributed by atoms with Crippen LogP contribution in [-0.4, -0.2) is 47.7 Å². The molecule has 2 N–H and O–H groups in total. The Morgan fingerprint density at radius 1 is 0.968 bits per heavy atom. The number of aliphatic carboxylic acids is 1. The van der Waals surface area contributed by atoms with E-state index >= 15 is 0 Å². The summed E-state index contributed by atoms with van der Waals surface area (Å²) >= 11 is 0. The molecule has 0 saturated heterocycles. The van der Waals surface area contributed by atoms with Gasteiger partial charge >= 0.3 is 23.9 Å². The zero-order valence-electron chi connectivity index (χ0n) is 18.6. The van der Waals surface area contributed by atoms with Crippen LogP contribution in [0.2, 0.25) is 0 Å². The second kappa shape index (κ2) is 12.7. The molecule has 9 nitrogen and oxygen atoms in total. The van der Waals surface area contributed by atoms with Crippen LogP contribution in [0.1, 0.15) is 53.0 Å². The summed E-state index contributed by atoms with van der Waals surface area (Å²) in [6, 6.07) is 3.57. The van der Waals surface area contributed by atoms with E-state index in [1.165, 1.54) is 12.1 Å². The van der Waals surface area contributed by atoms with Crippen LogP contribution in [0.25, 0.3) is 0 Å². The first-order valence-corrected chi connectivity index (χ1v) is 10.3. The number of benzene rings is 1. The lowest BCUT2D eigenvalue weighted by Crippen LogP contribution is -2.43. The van der Waals surface area contributed by atoms with Crippen molar-refractivity contribution in [2.75, 3.05) is 6.54 Å². The summed E-state index contributed by atoms with van der Waals surface area (Å²) in [5.41, 5.74) is 0.557. The van der Waals surface area contributed by atoms with Crippen LogP contribution < -0.4 is 14.8 Å². The Bertz CT molecular complexity index is 790. The number of carboxylic acids is 1. The zero-order chi connectivity index (χ0) is 23.6. The number of carbonyl (C=O) groups excluding carboxylic acids is 3. The number of esters is 3. The molecule has 31 heavy (non-hydrogen) atoms. The lowest BCUT2D eigenvalue weighted by atomic mass is 10.0. The van der Waals surface area contributed by atoms with Gasteiger partial charge in [-0.25, -0.2) is 0 Å². The standard InChI is InChI=1S/C22H31NO8/c1-6-19(24)30-17-9-8-15(11-18(17)31-20(25)7-2)10-16(21(26)27)23-12-14(5)29-22(28)13(3)4/h8-9,11,13-14,16,23H,6-7,10,12H2,1-5H3,(H,26,27)/t14?,16-/m0/s1. The molecule has 172 valence electrons. The predicted molar refractivity (Wildman–Crippen MR) is 112 cm³/mol. The third-order valence-electron chi connectivity index (χ3n) is 4.21. The van der Waals surface area contributed by atoms with Crippen molar-refractivity contribution in [3.8, 4) is 11.5 Å². The van der Waals surface area contributed by atoms with Crippen LogP contribution in [0.15, 0.2) is 18.2 Å². The summed E-state index contributed by atoms with van der Waals surface area (Å²) in [6.45, 7) is 8.52. The van der Waals surface area contributed by atoms with E-state index < -0.39 is 30.1 Å². The zero-order valence-corrected chi connectivity index (χ0v) is 18.6. The van der Waals surface area contributed by atoms with Crippen LogP contribution >= 0.6 is 0 Å². The third-order valence-corrected chi connectivity index (χ3v) is 4.21. The summed E-state index contributed by atoms with van der Waals surface area (Å²) in [7, 11) is 0. The van der Waals surface area contributed by atoms with E-state index in [0.717, 1.165) is 0 Å². The second-order valence-corrected chi connectivity index (χ2v) is 7.34. The van der Waals surface area contributed by atoms with Gasteiger partial charge in [-0.15, -0.1) is 0 Å². The smallest absolute Gasteiger partial charge is 0.321 e. The molecule has 0 saturated carbocycles. The lowest BCUT2D eigenvalue weighted by Gasteiger charge is -2.20. The Morgan fingerprint density at radius 3 is 2.06 bits per heavy atom. The number of carbonyl (C=O) groups is 4. The maximum atomic E-state index is 11.7. The first kappa shape index (κ1) is 26.1. The van der Waals surface area contributed by atoms with Gasteiger partial charge in [0.25, 0.3) is 0 Å². The average molecular weight is 437 g/mol. The fourth-order valence-corrected chi connectivity index (χ4v) is 2.40. The van der Waals surface area contributed by atoms with Crippen molar-refractivity contribution in [1.29, 1.82) is 0 Å². The van der Waals surface area contributed by atoms with Crippen LogP contribution in [0.5, 0.6) is 11.5 Å². The van der Waals surface area contributed by atoms with Gasteiger partial charge in [0.1, 0.15) is 12.1 Å². The summed E-state index contributed by atoms with van der Waals surface area (Å²) in [5, 5.41) is 12.4. The van der Waals surface area contributed by atoms with Gasteiger partial charge in [0.2, 0.25) is 0 Å². The highest BCUT2D eigenvalue weighted by molar-refractivity contribution is 5.76. The molecule has 0 spiro atoms. The van der Waals surface area contributed by atoms with E-state index in [-0.39, 0.29) is 49.2 Å². The molecule has 1 unspecified atom stereocenters. The van der Waals surface area contributed by atoms with Crippen molar-refractivity contribution >= 4 is 23.9 Å². The van der Waals surface area contributed by atoms with Gasteiger partial charge in [0, 0.05) is 19.4 Å². The lowest BCUT2D eigenvalue weighted by molar-refractivity contribution is -0.152. The van der Waals surface area contributed by atoms with Crippen molar-refractivity contribution in [2.45, 2.75) is 66.0 Å². The van der Waals surface area contributed by atoms with E-state index in [1.54, 1.807) is 40.7 Å². The molecular weight excluding hydrogens is 406 g/mol. The Morgan fingerprint density at radius 2 is 1.55 bits per heavy atom. The molecule has 0 fully saturated rings. The molecule has 0 radical (unpaired) electrons. The van der Waals surface area contributed by atoms with Gasteiger partial charge in [-0.2, -0.15) is 0 Å². The molecule has 9 heteroatoms. The van der Waals surface area contributed by atoms with E-state index in [4.69, 9.17) is 14.2 Å². The van der Waals surface area contributed by atoms with E-state index in [1.807, 2.05) is 0 Å². The monoisotopic (exact) mass is 437 g/mol. The molecule has 1 aromatic carbocycles.